The third kappa shape index (κ3) is 6.04. The first-order valence-corrected chi connectivity index (χ1v) is 17.0. The average Bonchev–Trinajstić information content (AvgIpc) is 3.33. The van der Waals surface area contributed by atoms with Crippen LogP contribution in [0.2, 0.25) is 0 Å². The lowest BCUT2D eigenvalue weighted by Gasteiger charge is -2.62. The maximum Gasteiger partial charge on any atom is 0.242 e. The van der Waals surface area contributed by atoms with Crippen molar-refractivity contribution in [3.8, 4) is 0 Å². The fraction of sp³-hybridized carbons (Fsp3) is 0.743. The fourth-order valence-corrected chi connectivity index (χ4v) is 10.3. The molecule has 1 aromatic rings. The number of piperazine rings is 1. The number of carbonyl (C=O) groups is 3. The van der Waals surface area contributed by atoms with Crippen LogP contribution in [-0.4, -0.2) is 95.3 Å². The molecule has 1 saturated heterocycles. The van der Waals surface area contributed by atoms with Gasteiger partial charge in [0.05, 0.1) is 31.7 Å². The molecule has 5 fully saturated rings. The lowest BCUT2D eigenvalue weighted by atomic mass is 9.44. The first kappa shape index (κ1) is 31.5. The second-order valence-electron chi connectivity index (χ2n) is 15.0. The summed E-state index contributed by atoms with van der Waals surface area (Å²) in [5, 5.41) is 27.4. The molecule has 5 aliphatic rings. The molecule has 6 rings (SSSR count). The second kappa shape index (κ2) is 12.7. The van der Waals surface area contributed by atoms with E-state index < -0.39 is 0 Å². The summed E-state index contributed by atoms with van der Waals surface area (Å²) in [5.74, 6) is 1.79. The highest BCUT2D eigenvalue weighted by Gasteiger charge is 2.61. The van der Waals surface area contributed by atoms with Crippen molar-refractivity contribution in [2.45, 2.75) is 89.9 Å². The number of hydrogen-bond donors (Lipinski definition) is 4. The van der Waals surface area contributed by atoms with E-state index in [0.29, 0.717) is 36.8 Å². The Balaban J connectivity index is 0.972. The minimum atomic E-state index is -0.382. The molecule has 0 aromatic heterocycles. The van der Waals surface area contributed by atoms with Crippen LogP contribution in [0, 0.1) is 34.5 Å². The summed E-state index contributed by atoms with van der Waals surface area (Å²) < 4.78 is 0. The minimum Gasteiger partial charge on any atom is -0.393 e. The number of aliphatic hydroxyl groups excluding tert-OH is 2. The quantitative estimate of drug-likeness (QED) is 0.377. The van der Waals surface area contributed by atoms with Crippen molar-refractivity contribution in [1.82, 2.24) is 20.4 Å². The Hall–Kier alpha value is -2.49. The molecule has 4 aliphatic carbocycles. The Morgan fingerprint density at radius 1 is 0.841 bits per heavy atom. The molecule has 44 heavy (non-hydrogen) atoms. The number of rotatable bonds is 7. The van der Waals surface area contributed by atoms with Crippen LogP contribution in [0.3, 0.4) is 0 Å². The maximum absolute atomic E-state index is 12.9. The summed E-state index contributed by atoms with van der Waals surface area (Å²) in [4.78, 5) is 41.5. The maximum atomic E-state index is 12.9. The van der Waals surface area contributed by atoms with Gasteiger partial charge in [-0.3, -0.25) is 19.3 Å². The molecule has 4 N–H and O–H groups in total. The van der Waals surface area contributed by atoms with Crippen LogP contribution in [-0.2, 0) is 20.8 Å². The van der Waals surface area contributed by atoms with Gasteiger partial charge in [0.1, 0.15) is 0 Å². The zero-order valence-electron chi connectivity index (χ0n) is 26.5. The van der Waals surface area contributed by atoms with Crippen molar-refractivity contribution in [3.05, 3.63) is 35.9 Å². The zero-order chi connectivity index (χ0) is 31.1. The van der Waals surface area contributed by atoms with Gasteiger partial charge in [-0.15, -0.1) is 0 Å². The van der Waals surface area contributed by atoms with Gasteiger partial charge in [0, 0.05) is 32.2 Å². The number of nitrogens with zero attached hydrogens (tertiary/aromatic N) is 2. The number of hydrogen-bond acceptors (Lipinski definition) is 6. The Morgan fingerprint density at radius 3 is 2.30 bits per heavy atom. The summed E-state index contributed by atoms with van der Waals surface area (Å²) in [5.41, 5.74) is 1.16. The molecule has 0 spiro atoms. The van der Waals surface area contributed by atoms with Crippen LogP contribution in [0.5, 0.6) is 0 Å². The Kier molecular flexibility index (Phi) is 9.10. The topological polar surface area (TPSA) is 122 Å². The summed E-state index contributed by atoms with van der Waals surface area (Å²) in [6.07, 6.45) is 8.42. The van der Waals surface area contributed by atoms with Crippen LogP contribution >= 0.6 is 0 Å². The number of fused-ring (bicyclic) bond motifs is 5. The number of nitrogens with one attached hydrogen (secondary N) is 2. The van der Waals surface area contributed by atoms with Gasteiger partial charge in [-0.1, -0.05) is 44.2 Å². The van der Waals surface area contributed by atoms with E-state index in [4.69, 9.17) is 0 Å². The smallest absolute Gasteiger partial charge is 0.242 e. The molecule has 9 nitrogen and oxygen atoms in total. The second-order valence-corrected chi connectivity index (χ2v) is 15.0. The van der Waals surface area contributed by atoms with Crippen molar-refractivity contribution in [1.29, 1.82) is 0 Å². The van der Waals surface area contributed by atoms with E-state index in [1.807, 2.05) is 30.3 Å². The third-order valence-corrected chi connectivity index (χ3v) is 12.9. The number of amides is 3. The predicted molar refractivity (Wildman–Crippen MR) is 167 cm³/mol. The fourth-order valence-electron chi connectivity index (χ4n) is 10.3. The summed E-state index contributed by atoms with van der Waals surface area (Å²) >= 11 is 0. The molecule has 4 saturated carbocycles. The van der Waals surface area contributed by atoms with Gasteiger partial charge in [0.15, 0.2) is 0 Å². The predicted octanol–water partition coefficient (Wildman–Crippen LogP) is 2.35. The molecule has 3 amide bonds. The van der Waals surface area contributed by atoms with Gasteiger partial charge >= 0.3 is 0 Å². The van der Waals surface area contributed by atoms with E-state index in [1.54, 1.807) is 4.90 Å². The first-order valence-electron chi connectivity index (χ1n) is 17.0. The molecular weight excluding hydrogens is 556 g/mol. The number of benzene rings is 1. The van der Waals surface area contributed by atoms with Crippen molar-refractivity contribution in [3.63, 3.8) is 0 Å². The molecule has 9 atom stereocenters. The molecular formula is C35H52N4O5. The van der Waals surface area contributed by atoms with E-state index >= 15 is 0 Å². The van der Waals surface area contributed by atoms with Gasteiger partial charge in [-0.25, -0.2) is 0 Å². The van der Waals surface area contributed by atoms with Gasteiger partial charge < -0.3 is 25.7 Å². The standard InChI is InChI=1S/C35H52N4O5/c1-34-13-12-27-25(26(34)10-11-30(34)41)9-8-24-19-29(40)28(20-35(24,27)2)38-14-16-39(17-15-38)33(44)22-37-32(43)21-36-31(42)18-23-6-4-3-5-7-23/h3-7,24-30,40-41H,8-22H2,1-2H3,(H,36,42)(H,37,43)/t24-,25-,26-,27-,28-,29-,30-,34-,35-/m0/s1. The lowest BCUT2D eigenvalue weighted by molar-refractivity contribution is -0.156. The number of carbonyl (C=O) groups excluding carboxylic acids is 3. The lowest BCUT2D eigenvalue weighted by Crippen LogP contribution is -2.62. The summed E-state index contributed by atoms with van der Waals surface area (Å²) in [6, 6.07) is 9.46. The molecule has 9 heteroatoms. The molecule has 0 radical (unpaired) electrons. The normalized spacial score (nSPS) is 38.6. The van der Waals surface area contributed by atoms with E-state index in [0.717, 1.165) is 50.8 Å². The van der Waals surface area contributed by atoms with Gasteiger partial charge in [0.2, 0.25) is 17.7 Å². The number of aliphatic hydroxyl groups is 2. The van der Waals surface area contributed by atoms with Crippen molar-refractivity contribution in [2.75, 3.05) is 39.3 Å². The van der Waals surface area contributed by atoms with Crippen LogP contribution < -0.4 is 10.6 Å². The molecule has 0 bridgehead atoms. The SMILES string of the molecule is C[C@]12C[C@H](N3CCN(C(=O)CNC(=O)CNC(=O)Cc4ccccc4)CC3)[C@@H](O)C[C@@H]1CC[C@@H]1[C@@H]2CC[C@]2(C)[C@@H](O)CC[C@@H]12. The van der Waals surface area contributed by atoms with Crippen LogP contribution in [0.4, 0.5) is 0 Å². The highest BCUT2D eigenvalue weighted by atomic mass is 16.3. The van der Waals surface area contributed by atoms with Crippen molar-refractivity contribution >= 4 is 17.7 Å². The highest BCUT2D eigenvalue weighted by Crippen LogP contribution is 2.66. The third-order valence-electron chi connectivity index (χ3n) is 12.9. The van der Waals surface area contributed by atoms with Crippen molar-refractivity contribution in [2.24, 2.45) is 34.5 Å². The molecule has 0 unspecified atom stereocenters. The highest BCUT2D eigenvalue weighted by molar-refractivity contribution is 5.88. The molecule has 242 valence electrons. The van der Waals surface area contributed by atoms with Crippen LogP contribution in [0.25, 0.3) is 0 Å². The van der Waals surface area contributed by atoms with Crippen LogP contribution in [0.15, 0.2) is 30.3 Å². The molecule has 1 heterocycles. The minimum absolute atomic E-state index is 0.0799. The Bertz CT molecular complexity index is 1200. The van der Waals surface area contributed by atoms with Crippen LogP contribution in [0.1, 0.15) is 70.8 Å². The van der Waals surface area contributed by atoms with E-state index in [9.17, 15) is 24.6 Å². The van der Waals surface area contributed by atoms with E-state index in [2.05, 4.69) is 29.4 Å². The molecule has 1 aromatic carbocycles. The van der Waals surface area contributed by atoms with E-state index in [1.165, 1.54) is 19.3 Å². The summed E-state index contributed by atoms with van der Waals surface area (Å²) in [7, 11) is 0. The first-order chi connectivity index (χ1) is 21.1. The summed E-state index contributed by atoms with van der Waals surface area (Å²) in [6.45, 7) is 7.20. The Labute approximate surface area is 262 Å². The van der Waals surface area contributed by atoms with Gasteiger partial charge in [0.25, 0.3) is 0 Å². The Morgan fingerprint density at radius 2 is 1.55 bits per heavy atom. The average molecular weight is 609 g/mol. The largest absolute Gasteiger partial charge is 0.393 e. The monoisotopic (exact) mass is 608 g/mol. The van der Waals surface area contributed by atoms with Gasteiger partial charge in [-0.2, -0.15) is 0 Å². The van der Waals surface area contributed by atoms with Gasteiger partial charge in [-0.05, 0) is 91.4 Å². The van der Waals surface area contributed by atoms with E-state index in [-0.39, 0.29) is 66.3 Å². The zero-order valence-corrected chi connectivity index (χ0v) is 26.5. The van der Waals surface area contributed by atoms with Crippen molar-refractivity contribution < 1.29 is 24.6 Å². The molecule has 1 aliphatic heterocycles.